The van der Waals surface area contributed by atoms with Gasteiger partial charge in [-0.3, -0.25) is 4.79 Å². The van der Waals surface area contributed by atoms with Crippen LogP contribution in [0.15, 0.2) is 75.0 Å². The molecule has 0 atom stereocenters. The van der Waals surface area contributed by atoms with Crippen LogP contribution < -0.4 is 10.3 Å². The second-order valence-corrected chi connectivity index (χ2v) is 10.2. The van der Waals surface area contributed by atoms with E-state index in [4.69, 9.17) is 14.8 Å². The van der Waals surface area contributed by atoms with Crippen LogP contribution in [-0.2, 0) is 13.0 Å². The molecule has 184 valence electrons. The molecule has 0 aliphatic rings. The Hall–Kier alpha value is -3.05. The summed E-state index contributed by atoms with van der Waals surface area (Å²) in [7, 11) is 0. The minimum atomic E-state index is -0.971. The predicted molar refractivity (Wildman–Crippen MR) is 152 cm³/mol. The molecule has 36 heavy (non-hydrogen) atoms. The minimum Gasteiger partial charge on any atom is -0.488 e. The number of fused-ring (bicyclic) bond motifs is 1. The van der Waals surface area contributed by atoms with Crippen LogP contribution in [0.25, 0.3) is 10.9 Å². The number of aromatic nitrogens is 2. The Morgan fingerprint density at radius 1 is 1.19 bits per heavy atom. The highest BCUT2D eigenvalue weighted by Gasteiger charge is 2.11. The van der Waals surface area contributed by atoms with Crippen molar-refractivity contribution in [1.82, 2.24) is 9.66 Å². The summed E-state index contributed by atoms with van der Waals surface area (Å²) < 4.78 is 8.97. The first-order chi connectivity index (χ1) is 17.4. The van der Waals surface area contributed by atoms with Crippen LogP contribution in [0, 0.1) is 3.57 Å². The number of hydrogen-bond acceptors (Lipinski definition) is 5. The summed E-state index contributed by atoms with van der Waals surface area (Å²) in [5, 5.41) is 14.2. The van der Waals surface area contributed by atoms with Crippen molar-refractivity contribution in [3.05, 3.63) is 102 Å². The Labute approximate surface area is 230 Å². The van der Waals surface area contributed by atoms with Gasteiger partial charge < -0.3 is 9.84 Å². The highest BCUT2D eigenvalue weighted by atomic mass is 127. The average molecular weight is 660 g/mol. The summed E-state index contributed by atoms with van der Waals surface area (Å²) >= 11 is 5.61. The van der Waals surface area contributed by atoms with E-state index in [0.29, 0.717) is 28.9 Å². The van der Waals surface area contributed by atoms with Crippen molar-refractivity contribution in [3.63, 3.8) is 0 Å². The molecule has 3 aromatic carbocycles. The number of aryl methyl sites for hydroxylation is 1. The lowest BCUT2D eigenvalue weighted by molar-refractivity contribution is 0.0696. The second kappa shape index (κ2) is 11.8. The molecule has 0 saturated heterocycles. The van der Waals surface area contributed by atoms with Crippen LogP contribution in [0.4, 0.5) is 0 Å². The van der Waals surface area contributed by atoms with E-state index in [1.54, 1.807) is 30.5 Å². The summed E-state index contributed by atoms with van der Waals surface area (Å²) in [5.41, 5.74) is 2.25. The molecule has 0 spiro atoms. The van der Waals surface area contributed by atoms with Gasteiger partial charge in [-0.1, -0.05) is 41.4 Å². The van der Waals surface area contributed by atoms with Gasteiger partial charge in [-0.25, -0.2) is 9.78 Å². The van der Waals surface area contributed by atoms with E-state index < -0.39 is 5.97 Å². The van der Waals surface area contributed by atoms with Crippen molar-refractivity contribution in [2.45, 2.75) is 32.8 Å². The standard InChI is InChI=1S/C27H23BrIN3O4/c1-2-3-7-25-31-23-10-9-20(28)14-21(23)26(33)32(25)30-15-17-8-11-24(22(29)13-17)36-16-18-5-4-6-19(12-18)27(34)35/h4-6,8-15H,2-3,7,16H2,1H3,(H,34,35). The molecule has 4 rings (SSSR count). The predicted octanol–water partition coefficient (Wildman–Crippen LogP) is 6.27. The monoisotopic (exact) mass is 659 g/mol. The van der Waals surface area contributed by atoms with E-state index >= 15 is 0 Å². The smallest absolute Gasteiger partial charge is 0.335 e. The molecule has 0 bridgehead atoms. The van der Waals surface area contributed by atoms with Crippen LogP contribution in [0.5, 0.6) is 5.75 Å². The maximum absolute atomic E-state index is 13.2. The highest BCUT2D eigenvalue weighted by molar-refractivity contribution is 14.1. The lowest BCUT2D eigenvalue weighted by atomic mass is 10.1. The van der Waals surface area contributed by atoms with Gasteiger partial charge in [0.2, 0.25) is 0 Å². The third kappa shape index (κ3) is 6.19. The lowest BCUT2D eigenvalue weighted by Crippen LogP contribution is -2.22. The molecule has 4 aromatic rings. The molecule has 0 aliphatic carbocycles. The molecule has 9 heteroatoms. The quantitative estimate of drug-likeness (QED) is 0.169. The summed E-state index contributed by atoms with van der Waals surface area (Å²) in [6.45, 7) is 2.34. The number of aromatic carboxylic acids is 1. The van der Waals surface area contributed by atoms with E-state index in [1.807, 2.05) is 36.4 Å². The van der Waals surface area contributed by atoms with Gasteiger partial charge in [0, 0.05) is 10.9 Å². The number of carboxylic acids is 1. The van der Waals surface area contributed by atoms with Crippen LogP contribution in [-0.4, -0.2) is 27.0 Å². The summed E-state index contributed by atoms with van der Waals surface area (Å²) in [5.74, 6) is 0.332. The number of halogens is 2. The fourth-order valence-electron chi connectivity index (χ4n) is 3.60. The number of rotatable bonds is 9. The van der Waals surface area contributed by atoms with Gasteiger partial charge in [0.25, 0.3) is 5.56 Å². The second-order valence-electron chi connectivity index (χ2n) is 8.14. The molecule has 0 radical (unpaired) electrons. The van der Waals surface area contributed by atoms with E-state index in [1.165, 1.54) is 4.68 Å². The number of ether oxygens (including phenoxy) is 1. The van der Waals surface area contributed by atoms with Crippen molar-refractivity contribution in [2.24, 2.45) is 5.10 Å². The van der Waals surface area contributed by atoms with Crippen LogP contribution >= 0.6 is 38.5 Å². The first kappa shape index (κ1) is 26.0. The van der Waals surface area contributed by atoms with Crippen LogP contribution in [0.1, 0.15) is 47.1 Å². The Bertz CT molecular complexity index is 1520. The van der Waals surface area contributed by atoms with Crippen LogP contribution in [0.2, 0.25) is 0 Å². The van der Waals surface area contributed by atoms with Gasteiger partial charge in [0.05, 0.1) is 26.3 Å². The number of carboxylic acid groups (broad SMARTS) is 1. The zero-order valence-corrected chi connectivity index (χ0v) is 23.2. The minimum absolute atomic E-state index is 0.207. The lowest BCUT2D eigenvalue weighted by Gasteiger charge is -2.10. The fraction of sp³-hybridized carbons (Fsp3) is 0.185. The molecule has 0 aliphatic heterocycles. The van der Waals surface area contributed by atoms with E-state index in [0.717, 1.165) is 32.0 Å². The maximum Gasteiger partial charge on any atom is 0.335 e. The molecule has 0 saturated carbocycles. The summed E-state index contributed by atoms with van der Waals surface area (Å²) in [6.07, 6.45) is 4.19. The number of benzene rings is 3. The largest absolute Gasteiger partial charge is 0.488 e. The zero-order valence-electron chi connectivity index (χ0n) is 19.4. The Kier molecular flexibility index (Phi) is 8.52. The number of hydrogen-bond donors (Lipinski definition) is 1. The number of carbonyl (C=O) groups is 1. The van der Waals surface area contributed by atoms with Crippen molar-refractivity contribution < 1.29 is 14.6 Å². The summed E-state index contributed by atoms with van der Waals surface area (Å²) in [6, 6.07) is 17.7. The maximum atomic E-state index is 13.2. The molecule has 1 N–H and O–H groups in total. The number of unbranched alkanes of at least 4 members (excludes halogenated alkanes) is 1. The Morgan fingerprint density at radius 2 is 2.03 bits per heavy atom. The van der Waals surface area contributed by atoms with Gasteiger partial charge in [-0.15, -0.1) is 0 Å². The average Bonchev–Trinajstić information content (AvgIpc) is 2.87. The Morgan fingerprint density at radius 3 is 2.78 bits per heavy atom. The first-order valence-corrected chi connectivity index (χ1v) is 13.2. The van der Waals surface area contributed by atoms with Gasteiger partial charge in [0.15, 0.2) is 0 Å². The molecule has 7 nitrogen and oxygen atoms in total. The summed E-state index contributed by atoms with van der Waals surface area (Å²) in [4.78, 5) is 29.1. The zero-order chi connectivity index (χ0) is 25.7. The third-order valence-electron chi connectivity index (χ3n) is 5.48. The normalized spacial score (nSPS) is 11.3. The topological polar surface area (TPSA) is 93.8 Å². The van der Waals surface area contributed by atoms with E-state index in [9.17, 15) is 9.59 Å². The van der Waals surface area contributed by atoms with Gasteiger partial charge in [-0.2, -0.15) is 9.78 Å². The van der Waals surface area contributed by atoms with Crippen molar-refractivity contribution in [2.75, 3.05) is 0 Å². The van der Waals surface area contributed by atoms with Gasteiger partial charge in [-0.05, 0) is 88.7 Å². The van der Waals surface area contributed by atoms with Crippen LogP contribution in [0.3, 0.4) is 0 Å². The van der Waals surface area contributed by atoms with Gasteiger partial charge >= 0.3 is 5.97 Å². The molecule has 0 unspecified atom stereocenters. The molecular formula is C27H23BrIN3O4. The Balaban J connectivity index is 1.57. The van der Waals surface area contributed by atoms with Crippen molar-refractivity contribution in [1.29, 1.82) is 0 Å². The third-order valence-corrected chi connectivity index (χ3v) is 6.81. The molecule has 0 amide bonds. The highest BCUT2D eigenvalue weighted by Crippen LogP contribution is 2.23. The first-order valence-electron chi connectivity index (χ1n) is 11.4. The van der Waals surface area contributed by atoms with Crippen molar-refractivity contribution >= 4 is 61.6 Å². The molecule has 1 heterocycles. The van der Waals surface area contributed by atoms with E-state index in [2.05, 4.69) is 50.5 Å². The SMILES string of the molecule is CCCCc1nc2ccc(Br)cc2c(=O)n1N=Cc1ccc(OCc2cccc(C(=O)O)c2)c(I)c1. The van der Waals surface area contributed by atoms with Gasteiger partial charge in [0.1, 0.15) is 18.2 Å². The molecular weight excluding hydrogens is 637 g/mol. The fourth-order valence-corrected chi connectivity index (χ4v) is 4.66. The molecule has 1 aromatic heterocycles. The van der Waals surface area contributed by atoms with Crippen molar-refractivity contribution in [3.8, 4) is 5.75 Å². The molecule has 0 fully saturated rings. The number of nitrogens with zero attached hydrogens (tertiary/aromatic N) is 3. The van der Waals surface area contributed by atoms with E-state index in [-0.39, 0.29) is 17.7 Å².